The second-order valence-corrected chi connectivity index (χ2v) is 7.50. The lowest BCUT2D eigenvalue weighted by Gasteiger charge is -2.29. The lowest BCUT2D eigenvalue weighted by Crippen LogP contribution is -2.27. The third-order valence-electron chi connectivity index (χ3n) is 5.24. The number of carbonyl (C=O) groups excluding carboxylic acids is 1. The van der Waals surface area contributed by atoms with Gasteiger partial charge in [-0.15, -0.1) is 0 Å². The summed E-state index contributed by atoms with van der Waals surface area (Å²) in [5.74, 6) is -0.346. The fraction of sp³-hybridized carbons (Fsp3) is 0.458. The van der Waals surface area contributed by atoms with Gasteiger partial charge in [-0.1, -0.05) is 44.9 Å². The SMILES string of the molecule is CCCCCc1ccc(OC(=O)c2ccc(C3OCC(CC)CO3)c(F)c2)cc1. The first-order valence-corrected chi connectivity index (χ1v) is 10.4. The number of hydrogen-bond donors (Lipinski definition) is 0. The van der Waals surface area contributed by atoms with Crippen molar-refractivity contribution in [2.45, 2.75) is 52.2 Å². The fourth-order valence-corrected chi connectivity index (χ4v) is 3.27. The molecule has 1 aliphatic heterocycles. The van der Waals surface area contributed by atoms with Crippen molar-refractivity contribution in [3.05, 3.63) is 65.0 Å². The van der Waals surface area contributed by atoms with Gasteiger partial charge in [0.05, 0.1) is 18.8 Å². The van der Waals surface area contributed by atoms with Crippen LogP contribution in [-0.2, 0) is 15.9 Å². The van der Waals surface area contributed by atoms with E-state index in [4.69, 9.17) is 14.2 Å². The molecule has 3 rings (SSSR count). The summed E-state index contributed by atoms with van der Waals surface area (Å²) in [6.45, 7) is 5.32. The number of benzene rings is 2. The molecule has 0 amide bonds. The molecule has 29 heavy (non-hydrogen) atoms. The minimum Gasteiger partial charge on any atom is -0.423 e. The Labute approximate surface area is 172 Å². The summed E-state index contributed by atoms with van der Waals surface area (Å²) in [7, 11) is 0. The first-order valence-electron chi connectivity index (χ1n) is 10.4. The highest BCUT2D eigenvalue weighted by Crippen LogP contribution is 2.28. The van der Waals surface area contributed by atoms with Gasteiger partial charge in [-0.25, -0.2) is 9.18 Å². The average molecular weight is 400 g/mol. The van der Waals surface area contributed by atoms with Crippen LogP contribution in [0.2, 0.25) is 0 Å². The van der Waals surface area contributed by atoms with Crippen molar-refractivity contribution in [2.24, 2.45) is 5.92 Å². The summed E-state index contributed by atoms with van der Waals surface area (Å²) in [4.78, 5) is 12.4. The molecule has 2 aromatic carbocycles. The molecular formula is C24H29FO4. The van der Waals surface area contributed by atoms with Crippen LogP contribution in [0, 0.1) is 11.7 Å². The number of esters is 1. The van der Waals surface area contributed by atoms with Crippen molar-refractivity contribution < 1.29 is 23.4 Å². The first-order chi connectivity index (χ1) is 14.1. The Morgan fingerprint density at radius 1 is 1.07 bits per heavy atom. The maximum absolute atomic E-state index is 14.5. The molecule has 1 aliphatic rings. The van der Waals surface area contributed by atoms with E-state index in [9.17, 15) is 9.18 Å². The van der Waals surface area contributed by atoms with Gasteiger partial charge in [-0.05, 0) is 49.1 Å². The molecule has 4 nitrogen and oxygen atoms in total. The molecule has 2 aromatic rings. The van der Waals surface area contributed by atoms with E-state index in [1.807, 2.05) is 12.1 Å². The van der Waals surface area contributed by atoms with E-state index in [0.29, 0.717) is 30.4 Å². The highest BCUT2D eigenvalue weighted by atomic mass is 19.1. The molecule has 0 aliphatic carbocycles. The van der Waals surface area contributed by atoms with Crippen molar-refractivity contribution in [3.63, 3.8) is 0 Å². The number of unbranched alkanes of at least 4 members (excludes halogenated alkanes) is 2. The van der Waals surface area contributed by atoms with Gasteiger partial charge in [0.25, 0.3) is 0 Å². The van der Waals surface area contributed by atoms with Crippen molar-refractivity contribution in [1.82, 2.24) is 0 Å². The minimum absolute atomic E-state index is 0.153. The standard InChI is InChI=1S/C24H29FO4/c1-3-5-6-7-18-8-11-20(12-9-18)29-23(26)19-10-13-21(22(25)14-19)24-27-15-17(4-2)16-28-24/h8-14,17,24H,3-7,15-16H2,1-2H3. The molecule has 1 fully saturated rings. The molecule has 156 valence electrons. The van der Waals surface area contributed by atoms with Gasteiger partial charge < -0.3 is 14.2 Å². The van der Waals surface area contributed by atoms with Gasteiger partial charge in [0.1, 0.15) is 11.6 Å². The molecule has 0 saturated carbocycles. The number of halogens is 1. The maximum atomic E-state index is 14.5. The van der Waals surface area contributed by atoms with Crippen LogP contribution in [0.15, 0.2) is 42.5 Å². The molecule has 1 heterocycles. The summed E-state index contributed by atoms with van der Waals surface area (Å²) < 4.78 is 31.2. The van der Waals surface area contributed by atoms with Crippen molar-refractivity contribution in [1.29, 1.82) is 0 Å². The van der Waals surface area contributed by atoms with Gasteiger partial charge >= 0.3 is 5.97 Å². The highest BCUT2D eigenvalue weighted by molar-refractivity contribution is 5.91. The van der Waals surface area contributed by atoms with E-state index >= 15 is 0 Å². The van der Waals surface area contributed by atoms with E-state index in [1.165, 1.54) is 30.5 Å². The fourth-order valence-electron chi connectivity index (χ4n) is 3.27. The Kier molecular flexibility index (Phi) is 7.78. The number of rotatable bonds is 8. The number of carbonyl (C=O) groups is 1. The zero-order valence-corrected chi connectivity index (χ0v) is 17.2. The van der Waals surface area contributed by atoms with Crippen LogP contribution in [0.4, 0.5) is 4.39 Å². The Bertz CT molecular complexity index is 795. The largest absolute Gasteiger partial charge is 0.423 e. The summed E-state index contributed by atoms with van der Waals surface area (Å²) in [6, 6.07) is 11.7. The van der Waals surface area contributed by atoms with E-state index < -0.39 is 18.1 Å². The van der Waals surface area contributed by atoms with Crippen molar-refractivity contribution >= 4 is 5.97 Å². The third kappa shape index (κ3) is 5.87. The third-order valence-corrected chi connectivity index (χ3v) is 5.24. The van der Waals surface area contributed by atoms with E-state index in [-0.39, 0.29) is 5.56 Å². The smallest absolute Gasteiger partial charge is 0.343 e. The topological polar surface area (TPSA) is 44.8 Å². The quantitative estimate of drug-likeness (QED) is 0.317. The lowest BCUT2D eigenvalue weighted by molar-refractivity contribution is -0.206. The predicted octanol–water partition coefficient (Wildman–Crippen LogP) is 5.85. The summed E-state index contributed by atoms with van der Waals surface area (Å²) in [5.41, 5.74) is 1.67. The van der Waals surface area contributed by atoms with Gasteiger partial charge in [0.15, 0.2) is 6.29 Å². The molecule has 5 heteroatoms. The Balaban J connectivity index is 1.59. The van der Waals surface area contributed by atoms with Gasteiger partial charge in [-0.3, -0.25) is 0 Å². The van der Waals surface area contributed by atoms with E-state index in [2.05, 4.69) is 13.8 Å². The van der Waals surface area contributed by atoms with Crippen LogP contribution >= 0.6 is 0 Å². The average Bonchev–Trinajstić information content (AvgIpc) is 2.75. The number of ether oxygens (including phenoxy) is 3. The van der Waals surface area contributed by atoms with Crippen LogP contribution in [0.25, 0.3) is 0 Å². The van der Waals surface area contributed by atoms with Crippen LogP contribution in [-0.4, -0.2) is 19.2 Å². The number of hydrogen-bond acceptors (Lipinski definition) is 4. The minimum atomic E-state index is -0.733. The highest BCUT2D eigenvalue weighted by Gasteiger charge is 2.25. The molecule has 1 saturated heterocycles. The zero-order chi connectivity index (χ0) is 20.6. The molecule has 0 radical (unpaired) electrons. The summed E-state index contributed by atoms with van der Waals surface area (Å²) in [6.07, 6.45) is 4.77. The summed E-state index contributed by atoms with van der Waals surface area (Å²) >= 11 is 0. The lowest BCUT2D eigenvalue weighted by atomic mass is 10.1. The molecule has 0 N–H and O–H groups in total. The Morgan fingerprint density at radius 2 is 1.79 bits per heavy atom. The van der Waals surface area contributed by atoms with Crippen LogP contribution < -0.4 is 4.74 Å². The van der Waals surface area contributed by atoms with Crippen LogP contribution in [0.3, 0.4) is 0 Å². The number of aryl methyl sites for hydroxylation is 1. The molecule has 0 atom stereocenters. The molecule has 0 unspecified atom stereocenters. The van der Waals surface area contributed by atoms with Crippen molar-refractivity contribution in [3.8, 4) is 5.75 Å². The van der Waals surface area contributed by atoms with Gasteiger partial charge in [-0.2, -0.15) is 0 Å². The molecular weight excluding hydrogens is 371 g/mol. The predicted molar refractivity (Wildman–Crippen MR) is 109 cm³/mol. The van der Waals surface area contributed by atoms with Crippen molar-refractivity contribution in [2.75, 3.05) is 13.2 Å². The second-order valence-electron chi connectivity index (χ2n) is 7.50. The van der Waals surface area contributed by atoms with E-state index in [0.717, 1.165) is 19.3 Å². The zero-order valence-electron chi connectivity index (χ0n) is 17.2. The molecule has 0 spiro atoms. The van der Waals surface area contributed by atoms with E-state index in [1.54, 1.807) is 18.2 Å². The monoisotopic (exact) mass is 400 g/mol. The summed E-state index contributed by atoms with van der Waals surface area (Å²) in [5, 5.41) is 0. The van der Waals surface area contributed by atoms with Crippen LogP contribution in [0.5, 0.6) is 5.75 Å². The Hall–Kier alpha value is -2.24. The van der Waals surface area contributed by atoms with Gasteiger partial charge in [0, 0.05) is 11.5 Å². The first kappa shape index (κ1) is 21.5. The normalized spacial score (nSPS) is 19.1. The molecule has 0 bridgehead atoms. The maximum Gasteiger partial charge on any atom is 0.343 e. The van der Waals surface area contributed by atoms with Gasteiger partial charge in [0.2, 0.25) is 0 Å². The van der Waals surface area contributed by atoms with Crippen LogP contribution in [0.1, 0.15) is 67.3 Å². The second kappa shape index (κ2) is 10.5. The Morgan fingerprint density at radius 3 is 2.41 bits per heavy atom. The molecule has 0 aromatic heterocycles.